The van der Waals surface area contributed by atoms with Crippen molar-refractivity contribution in [3.8, 4) is 5.75 Å². The zero-order chi connectivity index (χ0) is 13.5. The van der Waals surface area contributed by atoms with Crippen LogP contribution in [0.1, 0.15) is 16.8 Å². The minimum absolute atomic E-state index is 0.138. The molecule has 1 aromatic carbocycles. The lowest BCUT2D eigenvalue weighted by Gasteiger charge is -2.19. The van der Waals surface area contributed by atoms with Crippen molar-refractivity contribution in [2.24, 2.45) is 0 Å². The molecule has 1 amide bonds. The number of carbonyl (C=O) groups excluding carboxylic acids is 1. The molecule has 0 aliphatic carbocycles. The Labute approximate surface area is 107 Å². The number of carbonyl (C=O) groups is 1. The summed E-state index contributed by atoms with van der Waals surface area (Å²) in [5, 5.41) is 0. The molecule has 0 spiro atoms. The first-order chi connectivity index (χ1) is 8.61. The largest absolute Gasteiger partial charge is 0.496 e. The summed E-state index contributed by atoms with van der Waals surface area (Å²) in [6, 6.07) is 5.18. The first-order valence-electron chi connectivity index (χ1n) is 5.78. The number of hydrogen-bond donors (Lipinski definition) is 1. The van der Waals surface area contributed by atoms with E-state index in [2.05, 4.69) is 0 Å². The van der Waals surface area contributed by atoms with Crippen LogP contribution >= 0.6 is 0 Å². The third-order valence-electron chi connectivity index (χ3n) is 2.68. The molecule has 18 heavy (non-hydrogen) atoms. The summed E-state index contributed by atoms with van der Waals surface area (Å²) < 4.78 is 10.1. The van der Waals surface area contributed by atoms with Crippen LogP contribution in [-0.4, -0.2) is 45.2 Å². The smallest absolute Gasteiger partial charge is 0.259 e. The zero-order valence-corrected chi connectivity index (χ0v) is 11.1. The van der Waals surface area contributed by atoms with Crippen molar-refractivity contribution in [3.05, 3.63) is 23.8 Å². The molecule has 0 aromatic heterocycles. The molecule has 0 radical (unpaired) electrons. The zero-order valence-electron chi connectivity index (χ0n) is 11.1. The summed E-state index contributed by atoms with van der Waals surface area (Å²) in [7, 11) is 4.90. The molecule has 1 aromatic rings. The summed E-state index contributed by atoms with van der Waals surface area (Å²) in [5.74, 6) is 0.361. The third kappa shape index (κ3) is 3.37. The fourth-order valence-corrected chi connectivity index (χ4v) is 1.69. The van der Waals surface area contributed by atoms with E-state index < -0.39 is 0 Å². The van der Waals surface area contributed by atoms with Crippen LogP contribution in [0.3, 0.4) is 0 Å². The second-order valence-electron chi connectivity index (χ2n) is 4.00. The molecule has 0 saturated heterocycles. The Bertz CT molecular complexity index is 407. The van der Waals surface area contributed by atoms with Gasteiger partial charge in [0.05, 0.1) is 7.11 Å². The maximum atomic E-state index is 12.3. The first kappa shape index (κ1) is 14.3. The topological polar surface area (TPSA) is 64.8 Å². The summed E-state index contributed by atoms with van der Waals surface area (Å²) >= 11 is 0. The summed E-state index contributed by atoms with van der Waals surface area (Å²) in [5.41, 5.74) is 6.68. The number of nitrogen functional groups attached to an aromatic ring is 1. The number of methoxy groups -OCH3 is 2. The van der Waals surface area contributed by atoms with E-state index in [0.29, 0.717) is 30.2 Å². The Morgan fingerprint density at radius 3 is 2.72 bits per heavy atom. The predicted molar refractivity (Wildman–Crippen MR) is 70.9 cm³/mol. The van der Waals surface area contributed by atoms with E-state index in [1.54, 1.807) is 37.3 Å². The second kappa shape index (κ2) is 6.86. The molecule has 1 rings (SSSR count). The van der Waals surface area contributed by atoms with E-state index in [1.165, 1.54) is 7.11 Å². The van der Waals surface area contributed by atoms with Gasteiger partial charge in [-0.15, -0.1) is 0 Å². The van der Waals surface area contributed by atoms with Gasteiger partial charge < -0.3 is 20.1 Å². The van der Waals surface area contributed by atoms with Crippen LogP contribution in [0, 0.1) is 0 Å². The lowest BCUT2D eigenvalue weighted by molar-refractivity contribution is 0.0777. The Balaban J connectivity index is 2.83. The molecule has 0 atom stereocenters. The number of hydrogen-bond acceptors (Lipinski definition) is 4. The molecule has 5 nitrogen and oxygen atoms in total. The van der Waals surface area contributed by atoms with Gasteiger partial charge in [0.15, 0.2) is 0 Å². The molecule has 0 aliphatic rings. The van der Waals surface area contributed by atoms with Crippen molar-refractivity contribution < 1.29 is 14.3 Å². The van der Waals surface area contributed by atoms with Gasteiger partial charge in [0.1, 0.15) is 11.3 Å². The number of ether oxygens (including phenoxy) is 2. The van der Waals surface area contributed by atoms with Crippen molar-refractivity contribution in [2.75, 3.05) is 40.2 Å². The number of benzene rings is 1. The molecule has 2 N–H and O–H groups in total. The molecule has 0 unspecified atom stereocenters. The van der Waals surface area contributed by atoms with Crippen LogP contribution < -0.4 is 10.5 Å². The molecule has 0 bridgehead atoms. The van der Waals surface area contributed by atoms with Crippen LogP contribution in [0.2, 0.25) is 0 Å². The van der Waals surface area contributed by atoms with Crippen LogP contribution in [-0.2, 0) is 4.74 Å². The van der Waals surface area contributed by atoms with E-state index >= 15 is 0 Å². The Morgan fingerprint density at radius 1 is 1.39 bits per heavy atom. The van der Waals surface area contributed by atoms with E-state index in [0.717, 1.165) is 6.42 Å². The third-order valence-corrected chi connectivity index (χ3v) is 2.68. The van der Waals surface area contributed by atoms with Crippen molar-refractivity contribution in [3.63, 3.8) is 0 Å². The number of nitrogens with zero attached hydrogens (tertiary/aromatic N) is 1. The highest BCUT2D eigenvalue weighted by molar-refractivity contribution is 6.01. The Hall–Kier alpha value is -1.75. The van der Waals surface area contributed by atoms with Crippen LogP contribution in [0.15, 0.2) is 18.2 Å². The quantitative estimate of drug-likeness (QED) is 0.613. The van der Waals surface area contributed by atoms with Gasteiger partial charge in [-0.1, -0.05) is 6.07 Å². The fourth-order valence-electron chi connectivity index (χ4n) is 1.69. The standard InChI is InChI=1S/C13H20N2O3/c1-15(8-5-9-17-2)13(16)12-10(14)6-4-7-11(12)18-3/h4,6-7H,5,8-9,14H2,1-3H3. The normalized spacial score (nSPS) is 10.2. The van der Waals surface area contributed by atoms with E-state index in [4.69, 9.17) is 15.2 Å². The highest BCUT2D eigenvalue weighted by atomic mass is 16.5. The van der Waals surface area contributed by atoms with E-state index in [9.17, 15) is 4.79 Å². The lowest BCUT2D eigenvalue weighted by atomic mass is 10.1. The fraction of sp³-hybridized carbons (Fsp3) is 0.462. The van der Waals surface area contributed by atoms with Crippen molar-refractivity contribution in [1.82, 2.24) is 4.90 Å². The highest BCUT2D eigenvalue weighted by Gasteiger charge is 2.19. The van der Waals surface area contributed by atoms with Crippen LogP contribution in [0.5, 0.6) is 5.75 Å². The van der Waals surface area contributed by atoms with Gasteiger partial charge in [-0.05, 0) is 18.6 Å². The predicted octanol–water partition coefficient (Wildman–Crippen LogP) is 1.39. The molecule has 5 heteroatoms. The van der Waals surface area contributed by atoms with Crippen molar-refractivity contribution >= 4 is 11.6 Å². The maximum absolute atomic E-state index is 12.3. The molecule has 0 aliphatic heterocycles. The van der Waals surface area contributed by atoms with Gasteiger partial charge in [-0.3, -0.25) is 4.79 Å². The van der Waals surface area contributed by atoms with Crippen molar-refractivity contribution in [1.29, 1.82) is 0 Å². The molecular weight excluding hydrogens is 232 g/mol. The number of anilines is 1. The number of rotatable bonds is 6. The van der Waals surface area contributed by atoms with E-state index in [-0.39, 0.29) is 5.91 Å². The second-order valence-corrected chi connectivity index (χ2v) is 4.00. The SMILES string of the molecule is COCCCN(C)C(=O)c1c(N)cccc1OC. The van der Waals surface area contributed by atoms with Gasteiger partial charge in [0.2, 0.25) is 0 Å². The van der Waals surface area contributed by atoms with Gasteiger partial charge in [-0.2, -0.15) is 0 Å². The summed E-state index contributed by atoms with van der Waals surface area (Å²) in [6.07, 6.45) is 0.786. The van der Waals surface area contributed by atoms with Crippen LogP contribution in [0.4, 0.5) is 5.69 Å². The lowest BCUT2D eigenvalue weighted by Crippen LogP contribution is -2.29. The molecule has 0 heterocycles. The minimum Gasteiger partial charge on any atom is -0.496 e. The first-order valence-corrected chi connectivity index (χ1v) is 5.78. The molecule has 0 fully saturated rings. The summed E-state index contributed by atoms with van der Waals surface area (Å²) in [6.45, 7) is 1.24. The molecule has 100 valence electrons. The highest BCUT2D eigenvalue weighted by Crippen LogP contribution is 2.25. The maximum Gasteiger partial charge on any atom is 0.259 e. The summed E-state index contributed by atoms with van der Waals surface area (Å²) in [4.78, 5) is 13.9. The van der Waals surface area contributed by atoms with Gasteiger partial charge in [-0.25, -0.2) is 0 Å². The average molecular weight is 252 g/mol. The van der Waals surface area contributed by atoms with Gasteiger partial charge >= 0.3 is 0 Å². The number of amides is 1. The van der Waals surface area contributed by atoms with Crippen molar-refractivity contribution in [2.45, 2.75) is 6.42 Å². The molecule has 0 saturated carbocycles. The Kier molecular flexibility index (Phi) is 5.45. The monoisotopic (exact) mass is 252 g/mol. The van der Waals surface area contributed by atoms with Gasteiger partial charge in [0, 0.05) is 33.0 Å². The van der Waals surface area contributed by atoms with Gasteiger partial charge in [0.25, 0.3) is 5.91 Å². The van der Waals surface area contributed by atoms with E-state index in [1.807, 2.05) is 0 Å². The molecular formula is C13H20N2O3. The number of nitrogens with two attached hydrogens (primary N) is 1. The minimum atomic E-state index is -0.138. The Morgan fingerprint density at radius 2 is 2.11 bits per heavy atom. The average Bonchev–Trinajstić information content (AvgIpc) is 2.37. The van der Waals surface area contributed by atoms with Crippen LogP contribution in [0.25, 0.3) is 0 Å².